The molecule has 3 atom stereocenters. The van der Waals surface area contributed by atoms with Crippen LogP contribution in [0.15, 0.2) is 0 Å². The molecule has 0 amide bonds. The van der Waals surface area contributed by atoms with Gasteiger partial charge < -0.3 is 19.9 Å². The van der Waals surface area contributed by atoms with Crippen LogP contribution in [-0.2, 0) is 4.74 Å². The molecule has 2 rings (SSSR count). The lowest BCUT2D eigenvalue weighted by Gasteiger charge is -2.37. The molecule has 2 aliphatic heterocycles. The summed E-state index contributed by atoms with van der Waals surface area (Å²) in [6.45, 7) is 4.65. The maximum atomic E-state index is 5.40. The van der Waals surface area contributed by atoms with Gasteiger partial charge in [-0.05, 0) is 39.9 Å². The second-order valence-electron chi connectivity index (χ2n) is 5.70. The summed E-state index contributed by atoms with van der Waals surface area (Å²) in [6, 6.07) is 1.34. The number of nitrogens with zero attached hydrogens (tertiary/aromatic N) is 2. The van der Waals surface area contributed by atoms with Crippen molar-refractivity contribution in [3.8, 4) is 0 Å². The molecule has 17 heavy (non-hydrogen) atoms. The average Bonchev–Trinajstić information content (AvgIpc) is 2.77. The Balaban J connectivity index is 1.74. The Morgan fingerprint density at radius 3 is 2.94 bits per heavy atom. The van der Waals surface area contributed by atoms with Gasteiger partial charge in [-0.2, -0.15) is 0 Å². The minimum absolute atomic E-state index is 0.419. The monoisotopic (exact) mass is 241 g/mol. The van der Waals surface area contributed by atoms with E-state index in [0.29, 0.717) is 12.1 Å². The highest BCUT2D eigenvalue weighted by Gasteiger charge is 2.27. The van der Waals surface area contributed by atoms with Gasteiger partial charge >= 0.3 is 0 Å². The number of likely N-dealkylation sites (tertiary alicyclic amines) is 1. The molecule has 0 bridgehead atoms. The highest BCUT2D eigenvalue weighted by atomic mass is 16.5. The molecule has 4 heteroatoms. The third kappa shape index (κ3) is 3.65. The molecular formula is C13H27N3O. The second kappa shape index (κ2) is 6.14. The van der Waals surface area contributed by atoms with E-state index in [-0.39, 0.29) is 0 Å². The highest BCUT2D eigenvalue weighted by Crippen LogP contribution is 2.16. The van der Waals surface area contributed by atoms with Gasteiger partial charge in [-0.25, -0.2) is 0 Å². The molecule has 2 aliphatic rings. The first kappa shape index (κ1) is 13.3. The lowest BCUT2D eigenvalue weighted by Crippen LogP contribution is -2.48. The fourth-order valence-corrected chi connectivity index (χ4v) is 3.10. The van der Waals surface area contributed by atoms with E-state index in [1.165, 1.54) is 25.9 Å². The van der Waals surface area contributed by atoms with Crippen LogP contribution in [0.2, 0.25) is 0 Å². The Kier molecular flexibility index (Phi) is 4.79. The molecule has 2 saturated heterocycles. The molecule has 0 saturated carbocycles. The Hall–Kier alpha value is -0.160. The first-order valence-electron chi connectivity index (χ1n) is 6.84. The molecule has 0 aromatic heterocycles. The topological polar surface area (TPSA) is 27.7 Å². The summed E-state index contributed by atoms with van der Waals surface area (Å²) < 4.78 is 5.40. The number of hydrogen-bond donors (Lipinski definition) is 1. The molecule has 2 heterocycles. The number of rotatable bonds is 4. The Morgan fingerprint density at radius 2 is 2.29 bits per heavy atom. The van der Waals surface area contributed by atoms with Crippen molar-refractivity contribution in [3.63, 3.8) is 0 Å². The average molecular weight is 241 g/mol. The first-order chi connectivity index (χ1) is 8.19. The SMILES string of the molecule is COC1CNC(CN(C)C2CCCN(C)C2)C1. The van der Waals surface area contributed by atoms with Gasteiger partial charge in [0.1, 0.15) is 0 Å². The van der Waals surface area contributed by atoms with Crippen LogP contribution >= 0.6 is 0 Å². The summed E-state index contributed by atoms with van der Waals surface area (Å²) in [7, 11) is 6.31. The second-order valence-corrected chi connectivity index (χ2v) is 5.70. The predicted molar refractivity (Wildman–Crippen MR) is 70.4 cm³/mol. The van der Waals surface area contributed by atoms with Crippen LogP contribution in [0.25, 0.3) is 0 Å². The molecule has 0 spiro atoms. The first-order valence-corrected chi connectivity index (χ1v) is 6.84. The lowest BCUT2D eigenvalue weighted by atomic mass is 10.0. The van der Waals surface area contributed by atoms with E-state index < -0.39 is 0 Å². The predicted octanol–water partition coefficient (Wildman–Crippen LogP) is 0.389. The third-order valence-corrected chi connectivity index (χ3v) is 4.25. The Bertz CT molecular complexity index is 237. The molecule has 100 valence electrons. The van der Waals surface area contributed by atoms with Gasteiger partial charge in [-0.3, -0.25) is 0 Å². The largest absolute Gasteiger partial charge is 0.380 e. The number of piperidine rings is 1. The molecule has 0 radical (unpaired) electrons. The van der Waals surface area contributed by atoms with Gasteiger partial charge in [0.15, 0.2) is 0 Å². The molecular weight excluding hydrogens is 214 g/mol. The number of hydrogen-bond acceptors (Lipinski definition) is 4. The van der Waals surface area contributed by atoms with Gasteiger partial charge in [-0.1, -0.05) is 0 Å². The van der Waals surface area contributed by atoms with E-state index in [0.717, 1.165) is 25.6 Å². The van der Waals surface area contributed by atoms with Crippen LogP contribution in [0.1, 0.15) is 19.3 Å². The Labute approximate surface area is 105 Å². The van der Waals surface area contributed by atoms with Crippen LogP contribution in [0.4, 0.5) is 0 Å². The summed E-state index contributed by atoms with van der Waals surface area (Å²) in [5.41, 5.74) is 0. The summed E-state index contributed by atoms with van der Waals surface area (Å²) in [6.07, 6.45) is 4.26. The van der Waals surface area contributed by atoms with E-state index in [1.807, 2.05) is 7.11 Å². The lowest BCUT2D eigenvalue weighted by molar-refractivity contribution is 0.108. The van der Waals surface area contributed by atoms with Crippen molar-refractivity contribution >= 4 is 0 Å². The maximum Gasteiger partial charge on any atom is 0.0711 e. The van der Waals surface area contributed by atoms with Crippen LogP contribution in [0.3, 0.4) is 0 Å². The molecule has 4 nitrogen and oxygen atoms in total. The fraction of sp³-hybridized carbons (Fsp3) is 1.00. The maximum absolute atomic E-state index is 5.40. The van der Waals surface area contributed by atoms with Crippen molar-refractivity contribution in [2.45, 2.75) is 37.5 Å². The number of methoxy groups -OCH3 is 1. The van der Waals surface area contributed by atoms with Crippen molar-refractivity contribution in [1.29, 1.82) is 0 Å². The number of nitrogens with one attached hydrogen (secondary N) is 1. The van der Waals surface area contributed by atoms with Crippen molar-refractivity contribution in [2.24, 2.45) is 0 Å². The standard InChI is InChI=1S/C13H27N3O/c1-15-6-4-5-12(10-15)16(2)9-11-7-13(17-3)8-14-11/h11-14H,4-10H2,1-3H3. The van der Waals surface area contributed by atoms with Gasteiger partial charge in [-0.15, -0.1) is 0 Å². The summed E-state index contributed by atoms with van der Waals surface area (Å²) in [5.74, 6) is 0. The molecule has 0 aromatic carbocycles. The highest BCUT2D eigenvalue weighted by molar-refractivity contribution is 4.86. The zero-order chi connectivity index (χ0) is 12.3. The Morgan fingerprint density at radius 1 is 1.47 bits per heavy atom. The van der Waals surface area contributed by atoms with Crippen LogP contribution in [0.5, 0.6) is 0 Å². The van der Waals surface area contributed by atoms with Crippen molar-refractivity contribution in [1.82, 2.24) is 15.1 Å². The molecule has 3 unspecified atom stereocenters. The molecule has 0 aromatic rings. The molecule has 1 N–H and O–H groups in total. The van der Waals surface area contributed by atoms with Crippen LogP contribution in [-0.4, -0.2) is 75.4 Å². The zero-order valence-corrected chi connectivity index (χ0v) is 11.5. The minimum Gasteiger partial charge on any atom is -0.380 e. The number of likely N-dealkylation sites (N-methyl/N-ethyl adjacent to an activating group) is 2. The van der Waals surface area contributed by atoms with Gasteiger partial charge in [0.2, 0.25) is 0 Å². The van der Waals surface area contributed by atoms with Gasteiger partial charge in [0, 0.05) is 38.8 Å². The molecule has 0 aliphatic carbocycles. The smallest absolute Gasteiger partial charge is 0.0711 e. The number of ether oxygens (including phenoxy) is 1. The van der Waals surface area contributed by atoms with Gasteiger partial charge in [0.25, 0.3) is 0 Å². The van der Waals surface area contributed by atoms with Gasteiger partial charge in [0.05, 0.1) is 6.10 Å². The van der Waals surface area contributed by atoms with E-state index in [2.05, 4.69) is 29.2 Å². The quantitative estimate of drug-likeness (QED) is 0.770. The van der Waals surface area contributed by atoms with Crippen LogP contribution < -0.4 is 5.32 Å². The third-order valence-electron chi connectivity index (χ3n) is 4.25. The van der Waals surface area contributed by atoms with E-state index >= 15 is 0 Å². The van der Waals surface area contributed by atoms with E-state index in [9.17, 15) is 0 Å². The normalized spacial score (nSPS) is 35.6. The van der Waals surface area contributed by atoms with E-state index in [1.54, 1.807) is 0 Å². The zero-order valence-electron chi connectivity index (χ0n) is 11.5. The van der Waals surface area contributed by atoms with Crippen molar-refractivity contribution in [3.05, 3.63) is 0 Å². The van der Waals surface area contributed by atoms with Crippen LogP contribution in [0, 0.1) is 0 Å². The minimum atomic E-state index is 0.419. The fourth-order valence-electron chi connectivity index (χ4n) is 3.10. The summed E-state index contributed by atoms with van der Waals surface area (Å²) in [4.78, 5) is 4.98. The van der Waals surface area contributed by atoms with E-state index in [4.69, 9.17) is 4.74 Å². The van der Waals surface area contributed by atoms with Crippen molar-refractivity contribution in [2.75, 3.05) is 47.4 Å². The molecule has 2 fully saturated rings. The summed E-state index contributed by atoms with van der Waals surface area (Å²) in [5, 5.41) is 3.56. The van der Waals surface area contributed by atoms with Crippen molar-refractivity contribution < 1.29 is 4.74 Å². The summed E-state index contributed by atoms with van der Waals surface area (Å²) >= 11 is 0.